The number of rotatable bonds is 3. The van der Waals surface area contributed by atoms with Crippen LogP contribution in [0.4, 0.5) is 0 Å². The van der Waals surface area contributed by atoms with Gasteiger partial charge >= 0.3 is 0 Å². The van der Waals surface area contributed by atoms with E-state index in [-0.39, 0.29) is 5.66 Å². The standard InChI is InChI=1S/C18H24N2/c1-18(19,20-12-5-2-6-13-20)14-16-10-7-9-15-8-3-4-11-17(15)16/h3-4,7-11H,2,5-6,12-14,19H2,1H3. The smallest absolute Gasteiger partial charge is 0.0699 e. The molecule has 1 aliphatic rings. The third-order valence-corrected chi connectivity index (χ3v) is 4.51. The van der Waals surface area contributed by atoms with E-state index >= 15 is 0 Å². The number of nitrogens with two attached hydrogens (primary N) is 1. The molecule has 1 saturated heterocycles. The van der Waals surface area contributed by atoms with Crippen molar-refractivity contribution >= 4 is 10.8 Å². The maximum absolute atomic E-state index is 6.64. The van der Waals surface area contributed by atoms with Crippen LogP contribution < -0.4 is 5.73 Å². The van der Waals surface area contributed by atoms with Gasteiger partial charge in [0.15, 0.2) is 0 Å². The third kappa shape index (κ3) is 2.72. The highest BCUT2D eigenvalue weighted by Gasteiger charge is 2.29. The summed E-state index contributed by atoms with van der Waals surface area (Å²) < 4.78 is 0. The summed E-state index contributed by atoms with van der Waals surface area (Å²) in [6, 6.07) is 15.1. The minimum absolute atomic E-state index is 0.245. The molecule has 1 fully saturated rings. The Labute approximate surface area is 121 Å². The maximum atomic E-state index is 6.64. The number of piperidine rings is 1. The van der Waals surface area contributed by atoms with Crippen molar-refractivity contribution < 1.29 is 0 Å². The van der Waals surface area contributed by atoms with Gasteiger partial charge in [0.05, 0.1) is 5.66 Å². The van der Waals surface area contributed by atoms with Crippen molar-refractivity contribution in [1.82, 2.24) is 4.90 Å². The van der Waals surface area contributed by atoms with Gasteiger partial charge in [0.2, 0.25) is 0 Å². The van der Waals surface area contributed by atoms with Gasteiger partial charge in [-0.1, -0.05) is 48.9 Å². The Balaban J connectivity index is 1.88. The predicted molar refractivity (Wildman–Crippen MR) is 85.7 cm³/mol. The highest BCUT2D eigenvalue weighted by atomic mass is 15.3. The molecule has 2 aromatic rings. The first-order chi connectivity index (χ1) is 9.67. The second-order valence-electron chi connectivity index (χ2n) is 6.22. The van der Waals surface area contributed by atoms with E-state index in [1.54, 1.807) is 0 Å². The molecule has 0 bridgehead atoms. The lowest BCUT2D eigenvalue weighted by atomic mass is 9.94. The summed E-state index contributed by atoms with van der Waals surface area (Å²) in [6.45, 7) is 4.45. The van der Waals surface area contributed by atoms with E-state index in [4.69, 9.17) is 5.73 Å². The first-order valence-electron chi connectivity index (χ1n) is 7.67. The van der Waals surface area contributed by atoms with Gasteiger partial charge in [-0.2, -0.15) is 0 Å². The van der Waals surface area contributed by atoms with Gasteiger partial charge in [-0.25, -0.2) is 0 Å². The van der Waals surface area contributed by atoms with Crippen LogP contribution in [-0.4, -0.2) is 23.7 Å². The summed E-state index contributed by atoms with van der Waals surface area (Å²) in [6.07, 6.45) is 4.82. The molecule has 1 heterocycles. The van der Waals surface area contributed by atoms with E-state index in [2.05, 4.69) is 54.3 Å². The normalized spacial score (nSPS) is 19.9. The number of likely N-dealkylation sites (tertiary alicyclic amines) is 1. The molecule has 1 unspecified atom stereocenters. The van der Waals surface area contributed by atoms with Gasteiger partial charge in [-0.05, 0) is 49.2 Å². The van der Waals surface area contributed by atoms with Crippen LogP contribution in [0, 0.1) is 0 Å². The second kappa shape index (κ2) is 5.55. The molecule has 2 heteroatoms. The van der Waals surface area contributed by atoms with Crippen LogP contribution in [0.1, 0.15) is 31.7 Å². The number of hydrogen-bond acceptors (Lipinski definition) is 2. The van der Waals surface area contributed by atoms with Crippen LogP contribution in [0.3, 0.4) is 0 Å². The first-order valence-corrected chi connectivity index (χ1v) is 7.67. The van der Waals surface area contributed by atoms with Crippen LogP contribution in [0.5, 0.6) is 0 Å². The summed E-state index contributed by atoms with van der Waals surface area (Å²) >= 11 is 0. The molecular weight excluding hydrogens is 244 g/mol. The van der Waals surface area contributed by atoms with Crippen molar-refractivity contribution in [3.8, 4) is 0 Å². The lowest BCUT2D eigenvalue weighted by Gasteiger charge is -2.41. The van der Waals surface area contributed by atoms with Crippen molar-refractivity contribution in [3.63, 3.8) is 0 Å². The summed E-state index contributed by atoms with van der Waals surface area (Å²) in [5, 5.41) is 2.64. The molecular formula is C18H24N2. The first kappa shape index (κ1) is 13.6. The topological polar surface area (TPSA) is 29.3 Å². The average molecular weight is 268 g/mol. The lowest BCUT2D eigenvalue weighted by Crippen LogP contribution is -2.56. The second-order valence-corrected chi connectivity index (χ2v) is 6.22. The minimum atomic E-state index is -0.245. The molecule has 20 heavy (non-hydrogen) atoms. The fourth-order valence-corrected chi connectivity index (χ4v) is 3.35. The summed E-state index contributed by atoms with van der Waals surface area (Å²) in [4.78, 5) is 2.46. The molecule has 0 aliphatic carbocycles. The van der Waals surface area contributed by atoms with E-state index in [1.807, 2.05) is 0 Å². The molecule has 0 radical (unpaired) electrons. The zero-order chi connectivity index (χ0) is 14.0. The van der Waals surface area contributed by atoms with Gasteiger partial charge in [0, 0.05) is 6.42 Å². The van der Waals surface area contributed by atoms with Crippen LogP contribution in [-0.2, 0) is 6.42 Å². The Morgan fingerprint density at radius 3 is 2.50 bits per heavy atom. The van der Waals surface area contributed by atoms with E-state index in [0.717, 1.165) is 19.5 Å². The molecule has 2 nitrogen and oxygen atoms in total. The Kier molecular flexibility index (Phi) is 3.77. The van der Waals surface area contributed by atoms with Crippen molar-refractivity contribution in [1.29, 1.82) is 0 Å². The number of fused-ring (bicyclic) bond motifs is 1. The third-order valence-electron chi connectivity index (χ3n) is 4.51. The van der Waals surface area contributed by atoms with Gasteiger partial charge in [0.1, 0.15) is 0 Å². The minimum Gasteiger partial charge on any atom is -0.313 e. The molecule has 1 atom stereocenters. The Hall–Kier alpha value is -1.38. The zero-order valence-electron chi connectivity index (χ0n) is 12.3. The van der Waals surface area contributed by atoms with Crippen LogP contribution in [0.2, 0.25) is 0 Å². The molecule has 0 spiro atoms. The monoisotopic (exact) mass is 268 g/mol. The number of benzene rings is 2. The highest BCUT2D eigenvalue weighted by molar-refractivity contribution is 5.85. The van der Waals surface area contributed by atoms with E-state index in [0.29, 0.717) is 0 Å². The summed E-state index contributed by atoms with van der Waals surface area (Å²) in [5.41, 5.74) is 7.75. The Morgan fingerprint density at radius 1 is 1.00 bits per heavy atom. The van der Waals surface area contributed by atoms with Crippen LogP contribution in [0.25, 0.3) is 10.8 Å². The molecule has 0 saturated carbocycles. The van der Waals surface area contributed by atoms with E-state index in [9.17, 15) is 0 Å². The zero-order valence-corrected chi connectivity index (χ0v) is 12.3. The van der Waals surface area contributed by atoms with Crippen molar-refractivity contribution in [2.24, 2.45) is 5.73 Å². The van der Waals surface area contributed by atoms with Crippen molar-refractivity contribution in [2.45, 2.75) is 38.3 Å². The molecule has 0 aromatic heterocycles. The van der Waals surface area contributed by atoms with Gasteiger partial charge in [-0.3, -0.25) is 4.90 Å². The molecule has 106 valence electrons. The fraction of sp³-hybridized carbons (Fsp3) is 0.444. The predicted octanol–water partition coefficient (Wildman–Crippen LogP) is 3.54. The molecule has 1 aliphatic heterocycles. The molecule has 2 N–H and O–H groups in total. The van der Waals surface area contributed by atoms with Crippen LogP contribution >= 0.6 is 0 Å². The SMILES string of the molecule is CC(N)(Cc1cccc2ccccc12)N1CCCCC1. The molecule has 2 aromatic carbocycles. The van der Waals surface area contributed by atoms with Gasteiger partial charge < -0.3 is 5.73 Å². The van der Waals surface area contributed by atoms with Crippen molar-refractivity contribution in [2.75, 3.05) is 13.1 Å². The Bertz CT molecular complexity index is 577. The number of hydrogen-bond donors (Lipinski definition) is 1. The van der Waals surface area contributed by atoms with Crippen LogP contribution in [0.15, 0.2) is 42.5 Å². The Morgan fingerprint density at radius 2 is 1.70 bits per heavy atom. The lowest BCUT2D eigenvalue weighted by molar-refractivity contribution is 0.0859. The number of nitrogens with zero attached hydrogens (tertiary/aromatic N) is 1. The van der Waals surface area contributed by atoms with Gasteiger partial charge in [0.25, 0.3) is 0 Å². The molecule has 0 amide bonds. The molecule has 3 rings (SSSR count). The maximum Gasteiger partial charge on any atom is 0.0699 e. The van der Waals surface area contributed by atoms with E-state index < -0.39 is 0 Å². The largest absolute Gasteiger partial charge is 0.313 e. The van der Waals surface area contributed by atoms with E-state index in [1.165, 1.54) is 35.6 Å². The fourth-order valence-electron chi connectivity index (χ4n) is 3.35. The summed E-state index contributed by atoms with van der Waals surface area (Å²) in [7, 11) is 0. The summed E-state index contributed by atoms with van der Waals surface area (Å²) in [5.74, 6) is 0. The highest BCUT2D eigenvalue weighted by Crippen LogP contribution is 2.25. The van der Waals surface area contributed by atoms with Crippen molar-refractivity contribution in [3.05, 3.63) is 48.0 Å². The van der Waals surface area contributed by atoms with Gasteiger partial charge in [-0.15, -0.1) is 0 Å². The quantitative estimate of drug-likeness (QED) is 0.922. The average Bonchev–Trinajstić information content (AvgIpc) is 2.48.